The molecule has 1 rings (SSSR count). The summed E-state index contributed by atoms with van der Waals surface area (Å²) in [7, 11) is 0. The molecule has 0 radical (unpaired) electrons. The fraction of sp³-hybridized carbons (Fsp3) is 0.917. The normalized spacial score (nSPS) is 27.6. The Balaban J connectivity index is 2.41. The summed E-state index contributed by atoms with van der Waals surface area (Å²) in [6.45, 7) is 4.86. The van der Waals surface area contributed by atoms with Crippen molar-refractivity contribution in [3.63, 3.8) is 0 Å². The zero-order chi connectivity index (χ0) is 12.0. The van der Waals surface area contributed by atoms with E-state index in [9.17, 15) is 4.79 Å². The SMILES string of the molecule is CCCC(NC1CCOC(CC)C1)C(=O)O. The summed E-state index contributed by atoms with van der Waals surface area (Å²) in [6.07, 6.45) is 4.74. The zero-order valence-corrected chi connectivity index (χ0v) is 10.2. The molecule has 0 saturated carbocycles. The van der Waals surface area contributed by atoms with E-state index in [2.05, 4.69) is 12.2 Å². The van der Waals surface area contributed by atoms with Gasteiger partial charge in [0.15, 0.2) is 0 Å². The lowest BCUT2D eigenvalue weighted by Gasteiger charge is -2.31. The Morgan fingerprint density at radius 2 is 2.31 bits per heavy atom. The summed E-state index contributed by atoms with van der Waals surface area (Å²) >= 11 is 0. The molecule has 0 aromatic rings. The second-order valence-electron chi connectivity index (χ2n) is 4.47. The molecule has 4 heteroatoms. The number of hydrogen-bond donors (Lipinski definition) is 2. The fourth-order valence-corrected chi connectivity index (χ4v) is 2.17. The van der Waals surface area contributed by atoms with Gasteiger partial charge >= 0.3 is 5.97 Å². The smallest absolute Gasteiger partial charge is 0.320 e. The third-order valence-corrected chi connectivity index (χ3v) is 3.13. The molecular weight excluding hydrogens is 206 g/mol. The van der Waals surface area contributed by atoms with Crippen LogP contribution >= 0.6 is 0 Å². The first-order valence-electron chi connectivity index (χ1n) is 6.27. The van der Waals surface area contributed by atoms with Crippen molar-refractivity contribution in [1.82, 2.24) is 5.32 Å². The average Bonchev–Trinajstić information content (AvgIpc) is 2.28. The van der Waals surface area contributed by atoms with Crippen LogP contribution in [0, 0.1) is 0 Å². The van der Waals surface area contributed by atoms with Crippen LogP contribution in [0.15, 0.2) is 0 Å². The summed E-state index contributed by atoms with van der Waals surface area (Å²) in [6, 6.07) is -0.100. The molecule has 1 saturated heterocycles. The number of carboxylic acids is 1. The van der Waals surface area contributed by atoms with Crippen LogP contribution in [-0.2, 0) is 9.53 Å². The molecule has 0 amide bonds. The molecule has 3 atom stereocenters. The van der Waals surface area contributed by atoms with Crippen molar-refractivity contribution < 1.29 is 14.6 Å². The van der Waals surface area contributed by atoms with Crippen LogP contribution in [0.4, 0.5) is 0 Å². The lowest BCUT2D eigenvalue weighted by Crippen LogP contribution is -2.47. The van der Waals surface area contributed by atoms with Crippen LogP contribution in [0.25, 0.3) is 0 Å². The predicted molar refractivity (Wildman–Crippen MR) is 62.5 cm³/mol. The largest absolute Gasteiger partial charge is 0.480 e. The van der Waals surface area contributed by atoms with E-state index in [0.717, 1.165) is 32.3 Å². The fourth-order valence-electron chi connectivity index (χ4n) is 2.17. The monoisotopic (exact) mass is 229 g/mol. The van der Waals surface area contributed by atoms with E-state index in [1.54, 1.807) is 0 Å². The molecule has 1 aliphatic heterocycles. The topological polar surface area (TPSA) is 58.6 Å². The number of ether oxygens (including phenoxy) is 1. The molecule has 1 fully saturated rings. The first-order chi connectivity index (χ1) is 7.67. The molecule has 0 aromatic carbocycles. The lowest BCUT2D eigenvalue weighted by atomic mass is 10.00. The molecule has 3 unspecified atom stereocenters. The van der Waals surface area contributed by atoms with Gasteiger partial charge in [-0.1, -0.05) is 20.3 Å². The van der Waals surface area contributed by atoms with Gasteiger partial charge in [-0.25, -0.2) is 0 Å². The summed E-state index contributed by atoms with van der Waals surface area (Å²) in [5.41, 5.74) is 0. The Kier molecular flexibility index (Phi) is 5.77. The van der Waals surface area contributed by atoms with Gasteiger partial charge in [-0.05, 0) is 25.7 Å². The number of aliphatic carboxylic acids is 1. The van der Waals surface area contributed by atoms with Crippen LogP contribution < -0.4 is 5.32 Å². The molecule has 4 nitrogen and oxygen atoms in total. The molecule has 1 aliphatic rings. The quantitative estimate of drug-likeness (QED) is 0.729. The van der Waals surface area contributed by atoms with E-state index in [1.807, 2.05) is 6.92 Å². The van der Waals surface area contributed by atoms with Crippen molar-refractivity contribution >= 4 is 5.97 Å². The Morgan fingerprint density at radius 3 is 2.88 bits per heavy atom. The standard InChI is InChI=1S/C12H23NO3/c1-3-5-11(12(14)15)13-9-6-7-16-10(4-2)8-9/h9-11,13H,3-8H2,1-2H3,(H,14,15). The van der Waals surface area contributed by atoms with Gasteiger partial charge in [-0.15, -0.1) is 0 Å². The van der Waals surface area contributed by atoms with E-state index in [-0.39, 0.29) is 0 Å². The van der Waals surface area contributed by atoms with E-state index in [1.165, 1.54) is 0 Å². The first-order valence-corrected chi connectivity index (χ1v) is 6.27. The highest BCUT2D eigenvalue weighted by atomic mass is 16.5. The first kappa shape index (κ1) is 13.5. The van der Waals surface area contributed by atoms with Gasteiger partial charge < -0.3 is 15.2 Å². The van der Waals surface area contributed by atoms with Crippen LogP contribution in [0.1, 0.15) is 46.0 Å². The van der Waals surface area contributed by atoms with Crippen LogP contribution in [0.2, 0.25) is 0 Å². The van der Waals surface area contributed by atoms with E-state index < -0.39 is 12.0 Å². The minimum atomic E-state index is -0.735. The second-order valence-corrected chi connectivity index (χ2v) is 4.47. The molecule has 0 spiro atoms. The van der Waals surface area contributed by atoms with Crippen molar-refractivity contribution in [2.24, 2.45) is 0 Å². The maximum absolute atomic E-state index is 11.0. The van der Waals surface area contributed by atoms with Gasteiger partial charge in [0, 0.05) is 12.6 Å². The van der Waals surface area contributed by atoms with E-state index >= 15 is 0 Å². The summed E-state index contributed by atoms with van der Waals surface area (Å²) in [4.78, 5) is 11.0. The summed E-state index contributed by atoms with van der Waals surface area (Å²) < 4.78 is 5.57. The van der Waals surface area contributed by atoms with Crippen LogP contribution in [-0.4, -0.2) is 35.9 Å². The van der Waals surface area contributed by atoms with Crippen LogP contribution in [0.3, 0.4) is 0 Å². The van der Waals surface area contributed by atoms with E-state index in [0.29, 0.717) is 18.6 Å². The van der Waals surface area contributed by atoms with Gasteiger partial charge in [-0.3, -0.25) is 4.79 Å². The Bertz CT molecular complexity index is 220. The minimum Gasteiger partial charge on any atom is -0.480 e. The van der Waals surface area contributed by atoms with Crippen molar-refractivity contribution in [2.45, 2.75) is 64.1 Å². The molecule has 94 valence electrons. The van der Waals surface area contributed by atoms with Gasteiger partial charge in [0.1, 0.15) is 6.04 Å². The minimum absolute atomic E-state index is 0.294. The third-order valence-electron chi connectivity index (χ3n) is 3.13. The molecule has 0 bridgehead atoms. The van der Waals surface area contributed by atoms with Gasteiger partial charge in [0.05, 0.1) is 6.10 Å². The highest BCUT2D eigenvalue weighted by molar-refractivity contribution is 5.73. The molecular formula is C12H23NO3. The Morgan fingerprint density at radius 1 is 1.56 bits per heavy atom. The van der Waals surface area contributed by atoms with Gasteiger partial charge in [-0.2, -0.15) is 0 Å². The van der Waals surface area contributed by atoms with E-state index in [4.69, 9.17) is 9.84 Å². The lowest BCUT2D eigenvalue weighted by molar-refractivity contribution is -0.140. The summed E-state index contributed by atoms with van der Waals surface area (Å²) in [5, 5.41) is 12.3. The molecule has 2 N–H and O–H groups in total. The predicted octanol–water partition coefficient (Wildman–Crippen LogP) is 1.79. The highest BCUT2D eigenvalue weighted by Crippen LogP contribution is 2.17. The van der Waals surface area contributed by atoms with Gasteiger partial charge in [0.25, 0.3) is 0 Å². The Labute approximate surface area is 97.4 Å². The number of hydrogen-bond acceptors (Lipinski definition) is 3. The average molecular weight is 229 g/mol. The number of carboxylic acid groups (broad SMARTS) is 1. The van der Waals surface area contributed by atoms with Crippen molar-refractivity contribution in [3.05, 3.63) is 0 Å². The highest BCUT2D eigenvalue weighted by Gasteiger charge is 2.25. The Hall–Kier alpha value is -0.610. The maximum Gasteiger partial charge on any atom is 0.320 e. The molecule has 16 heavy (non-hydrogen) atoms. The van der Waals surface area contributed by atoms with Crippen molar-refractivity contribution in [2.75, 3.05) is 6.61 Å². The molecule has 0 aromatic heterocycles. The summed E-state index contributed by atoms with van der Waals surface area (Å²) in [5.74, 6) is -0.735. The second kappa shape index (κ2) is 6.86. The third kappa shape index (κ3) is 4.10. The van der Waals surface area contributed by atoms with Crippen LogP contribution in [0.5, 0.6) is 0 Å². The number of rotatable bonds is 6. The maximum atomic E-state index is 11.0. The molecule has 0 aliphatic carbocycles. The number of carbonyl (C=O) groups is 1. The van der Waals surface area contributed by atoms with Crippen molar-refractivity contribution in [1.29, 1.82) is 0 Å². The zero-order valence-electron chi connectivity index (χ0n) is 10.2. The molecule has 1 heterocycles. The number of nitrogens with one attached hydrogen (secondary N) is 1. The van der Waals surface area contributed by atoms with Gasteiger partial charge in [0.2, 0.25) is 0 Å². The van der Waals surface area contributed by atoms with Crippen molar-refractivity contribution in [3.8, 4) is 0 Å².